The molecule has 0 radical (unpaired) electrons. The zero-order chi connectivity index (χ0) is 18.0. The van der Waals surface area contributed by atoms with Gasteiger partial charge in [-0.2, -0.15) is 5.10 Å². The van der Waals surface area contributed by atoms with E-state index >= 15 is 0 Å². The van der Waals surface area contributed by atoms with E-state index < -0.39 is 6.09 Å². The van der Waals surface area contributed by atoms with Crippen LogP contribution in [0.5, 0.6) is 0 Å². The van der Waals surface area contributed by atoms with Crippen molar-refractivity contribution in [1.29, 1.82) is 0 Å². The van der Waals surface area contributed by atoms with Crippen molar-refractivity contribution < 1.29 is 14.3 Å². The van der Waals surface area contributed by atoms with Crippen LogP contribution in [0.3, 0.4) is 0 Å². The number of ether oxygens (including phenoxy) is 1. The lowest BCUT2D eigenvalue weighted by Gasteiger charge is -2.05. The van der Waals surface area contributed by atoms with Gasteiger partial charge in [0.25, 0.3) is 5.91 Å². The number of hydrogen-bond acceptors (Lipinski definition) is 5. The van der Waals surface area contributed by atoms with Crippen LogP contribution in [0.4, 0.5) is 10.6 Å². The number of aromatic nitrogens is 3. The SMILES string of the molecule is CNC(=O)c1cccc(-c2cnn3c(Br)c(NC(=O)OC)nc3c2)c1. The summed E-state index contributed by atoms with van der Waals surface area (Å²) in [5, 5.41) is 9.42. The van der Waals surface area contributed by atoms with E-state index in [9.17, 15) is 9.59 Å². The average molecular weight is 404 g/mol. The van der Waals surface area contributed by atoms with Crippen molar-refractivity contribution >= 4 is 39.4 Å². The topological polar surface area (TPSA) is 97.6 Å². The Hall–Kier alpha value is -2.94. The highest BCUT2D eigenvalue weighted by atomic mass is 79.9. The predicted molar refractivity (Wildman–Crippen MR) is 95.5 cm³/mol. The fourth-order valence-corrected chi connectivity index (χ4v) is 2.74. The second-order valence-electron chi connectivity index (χ2n) is 5.04. The van der Waals surface area contributed by atoms with Crippen LogP contribution in [0.25, 0.3) is 16.8 Å². The van der Waals surface area contributed by atoms with Crippen LogP contribution in [0.1, 0.15) is 10.4 Å². The van der Waals surface area contributed by atoms with Crippen molar-refractivity contribution in [3.05, 3.63) is 46.7 Å². The first-order chi connectivity index (χ1) is 12.0. The summed E-state index contributed by atoms with van der Waals surface area (Å²) in [5.74, 6) is 0.139. The number of methoxy groups -OCH3 is 1. The van der Waals surface area contributed by atoms with Gasteiger partial charge in [-0.1, -0.05) is 12.1 Å². The molecule has 3 rings (SSSR count). The van der Waals surface area contributed by atoms with Crippen LogP contribution < -0.4 is 10.6 Å². The minimum Gasteiger partial charge on any atom is -0.453 e. The van der Waals surface area contributed by atoms with E-state index in [1.165, 1.54) is 11.6 Å². The molecule has 3 aromatic rings. The average Bonchev–Trinajstić information content (AvgIpc) is 2.96. The number of benzene rings is 1. The van der Waals surface area contributed by atoms with E-state index in [2.05, 4.69) is 41.4 Å². The summed E-state index contributed by atoms with van der Waals surface area (Å²) < 4.78 is 6.60. The first kappa shape index (κ1) is 16.9. The number of hydrogen-bond donors (Lipinski definition) is 2. The second kappa shape index (κ2) is 6.89. The molecule has 0 aliphatic carbocycles. The summed E-state index contributed by atoms with van der Waals surface area (Å²) in [5.41, 5.74) is 2.71. The van der Waals surface area contributed by atoms with E-state index in [0.717, 1.165) is 11.1 Å². The van der Waals surface area contributed by atoms with Gasteiger partial charge in [-0.15, -0.1) is 0 Å². The van der Waals surface area contributed by atoms with E-state index in [1.54, 1.807) is 31.4 Å². The van der Waals surface area contributed by atoms with Gasteiger partial charge >= 0.3 is 6.09 Å². The van der Waals surface area contributed by atoms with Gasteiger partial charge in [0.05, 0.1) is 13.3 Å². The number of carbonyl (C=O) groups is 2. The van der Waals surface area contributed by atoms with Crippen molar-refractivity contribution in [3.63, 3.8) is 0 Å². The molecule has 128 valence electrons. The largest absolute Gasteiger partial charge is 0.453 e. The smallest absolute Gasteiger partial charge is 0.412 e. The Morgan fingerprint density at radius 2 is 2.04 bits per heavy atom. The molecule has 0 saturated heterocycles. The number of nitrogens with one attached hydrogen (secondary N) is 2. The molecule has 2 aromatic heterocycles. The monoisotopic (exact) mass is 403 g/mol. The highest BCUT2D eigenvalue weighted by molar-refractivity contribution is 9.10. The molecule has 1 aromatic carbocycles. The summed E-state index contributed by atoms with van der Waals surface area (Å²) in [4.78, 5) is 27.5. The zero-order valence-electron chi connectivity index (χ0n) is 13.4. The summed E-state index contributed by atoms with van der Waals surface area (Å²) in [7, 11) is 2.86. The summed E-state index contributed by atoms with van der Waals surface area (Å²) >= 11 is 3.35. The molecule has 0 spiro atoms. The summed E-state index contributed by atoms with van der Waals surface area (Å²) in [6.07, 6.45) is 1.03. The Kier molecular flexibility index (Phi) is 4.66. The van der Waals surface area contributed by atoms with Crippen molar-refractivity contribution in [3.8, 4) is 11.1 Å². The van der Waals surface area contributed by atoms with E-state index in [4.69, 9.17) is 0 Å². The molecule has 0 saturated carbocycles. The van der Waals surface area contributed by atoms with E-state index in [-0.39, 0.29) is 5.91 Å². The number of fused-ring (bicyclic) bond motifs is 1. The number of carbonyl (C=O) groups excluding carboxylic acids is 2. The summed E-state index contributed by atoms with van der Waals surface area (Å²) in [6, 6.07) is 9.00. The van der Waals surface area contributed by atoms with Gasteiger partial charge in [0.15, 0.2) is 16.1 Å². The molecule has 25 heavy (non-hydrogen) atoms. The van der Waals surface area contributed by atoms with Crippen LogP contribution in [-0.4, -0.2) is 40.8 Å². The maximum absolute atomic E-state index is 11.8. The normalized spacial score (nSPS) is 10.5. The van der Waals surface area contributed by atoms with E-state index in [0.29, 0.717) is 21.6 Å². The highest BCUT2D eigenvalue weighted by Crippen LogP contribution is 2.26. The molecular formula is C16H14BrN5O3. The Balaban J connectivity index is 2.01. The summed E-state index contributed by atoms with van der Waals surface area (Å²) in [6.45, 7) is 0. The lowest BCUT2D eigenvalue weighted by Crippen LogP contribution is -2.17. The first-order valence-corrected chi connectivity index (χ1v) is 8.04. The van der Waals surface area contributed by atoms with Gasteiger partial charge in [-0.25, -0.2) is 14.3 Å². The second-order valence-corrected chi connectivity index (χ2v) is 5.79. The number of anilines is 1. The van der Waals surface area contributed by atoms with E-state index in [1.807, 2.05) is 12.1 Å². The Morgan fingerprint density at radius 3 is 2.76 bits per heavy atom. The van der Waals surface area contributed by atoms with Gasteiger partial charge in [-0.05, 0) is 39.7 Å². The lowest BCUT2D eigenvalue weighted by atomic mass is 10.0. The molecule has 0 atom stereocenters. The maximum atomic E-state index is 11.8. The molecular weight excluding hydrogens is 390 g/mol. The van der Waals surface area contributed by atoms with Crippen molar-refractivity contribution in [2.45, 2.75) is 0 Å². The maximum Gasteiger partial charge on any atom is 0.412 e. The molecule has 0 bridgehead atoms. The molecule has 0 fully saturated rings. The molecule has 8 nitrogen and oxygen atoms in total. The van der Waals surface area contributed by atoms with Crippen molar-refractivity contribution in [1.82, 2.24) is 19.9 Å². The fraction of sp³-hybridized carbons (Fsp3) is 0.125. The van der Waals surface area contributed by atoms with Crippen LogP contribution in [-0.2, 0) is 4.74 Å². The van der Waals surface area contributed by atoms with Crippen molar-refractivity contribution in [2.24, 2.45) is 0 Å². The molecule has 2 amide bonds. The van der Waals surface area contributed by atoms with Gasteiger partial charge in [0.1, 0.15) is 0 Å². The molecule has 0 aliphatic heterocycles. The van der Waals surface area contributed by atoms with Gasteiger partial charge in [0, 0.05) is 18.2 Å². The first-order valence-electron chi connectivity index (χ1n) is 7.25. The predicted octanol–water partition coefficient (Wildman–Crippen LogP) is 2.70. The van der Waals surface area contributed by atoms with Crippen LogP contribution in [0.2, 0.25) is 0 Å². The van der Waals surface area contributed by atoms with Gasteiger partial charge in [0.2, 0.25) is 0 Å². The number of nitrogens with zero attached hydrogens (tertiary/aromatic N) is 3. The Labute approximate surface area is 151 Å². The quantitative estimate of drug-likeness (QED) is 0.700. The zero-order valence-corrected chi connectivity index (χ0v) is 15.0. The molecule has 9 heteroatoms. The van der Waals surface area contributed by atoms with Gasteiger partial charge in [-0.3, -0.25) is 10.1 Å². The molecule has 2 N–H and O–H groups in total. The lowest BCUT2D eigenvalue weighted by molar-refractivity contribution is 0.0963. The van der Waals surface area contributed by atoms with Crippen LogP contribution in [0.15, 0.2) is 41.1 Å². The van der Waals surface area contributed by atoms with Gasteiger partial charge < -0.3 is 10.1 Å². The number of imidazole rings is 1. The minimum absolute atomic E-state index is 0.163. The van der Waals surface area contributed by atoms with Crippen LogP contribution in [0, 0.1) is 0 Å². The highest BCUT2D eigenvalue weighted by Gasteiger charge is 2.14. The van der Waals surface area contributed by atoms with Crippen molar-refractivity contribution in [2.75, 3.05) is 19.5 Å². The fourth-order valence-electron chi connectivity index (χ4n) is 2.28. The third-order valence-corrected chi connectivity index (χ3v) is 4.22. The molecule has 2 heterocycles. The number of rotatable bonds is 3. The third kappa shape index (κ3) is 3.31. The third-order valence-electron chi connectivity index (χ3n) is 3.51. The molecule has 0 unspecified atom stereocenters. The standard InChI is InChI=1S/C16H14BrN5O3/c1-18-15(23)10-5-3-4-9(6-10)11-7-12-20-14(21-16(24)25-2)13(17)22(12)19-8-11/h3-8H,1-2H3,(H,18,23)(H,21,24). The number of amides is 2. The minimum atomic E-state index is -0.623. The Bertz CT molecular complexity index is 970. The van der Waals surface area contributed by atoms with Crippen LogP contribution >= 0.6 is 15.9 Å². The number of halogens is 1. The Morgan fingerprint density at radius 1 is 1.24 bits per heavy atom. The molecule has 0 aliphatic rings.